The monoisotopic (exact) mass is 270 g/mol. The molecule has 0 aliphatic rings. The van der Waals surface area contributed by atoms with E-state index in [4.69, 9.17) is 0 Å². The molecule has 0 fully saturated rings. The summed E-state index contributed by atoms with van der Waals surface area (Å²) in [6, 6.07) is 15.0. The van der Waals surface area contributed by atoms with Gasteiger partial charge >= 0.3 is 0 Å². The molecule has 2 nitrogen and oxygen atoms in total. The molecule has 0 spiro atoms. The van der Waals surface area contributed by atoms with Crippen LogP contribution in [0.25, 0.3) is 0 Å². The first-order valence-corrected chi connectivity index (χ1v) is 7.12. The van der Waals surface area contributed by atoms with Crippen molar-refractivity contribution in [1.29, 1.82) is 0 Å². The number of aromatic hydroxyl groups is 2. The number of hydrogen-bond donors (Lipinski definition) is 2. The molecule has 2 atom stereocenters. The van der Waals surface area contributed by atoms with Gasteiger partial charge in [-0.3, -0.25) is 0 Å². The van der Waals surface area contributed by atoms with Crippen molar-refractivity contribution >= 4 is 0 Å². The number of benzene rings is 2. The molecule has 0 aliphatic heterocycles. The summed E-state index contributed by atoms with van der Waals surface area (Å²) in [4.78, 5) is 0. The lowest BCUT2D eigenvalue weighted by Crippen LogP contribution is -2.05. The van der Waals surface area contributed by atoms with Gasteiger partial charge in [0.25, 0.3) is 0 Å². The second-order valence-corrected chi connectivity index (χ2v) is 5.63. The fourth-order valence-electron chi connectivity index (χ4n) is 2.78. The lowest BCUT2D eigenvalue weighted by molar-refractivity contribution is 0.429. The van der Waals surface area contributed by atoms with Gasteiger partial charge in [0.2, 0.25) is 0 Å². The third-order valence-corrected chi connectivity index (χ3v) is 3.78. The van der Waals surface area contributed by atoms with E-state index >= 15 is 0 Å². The van der Waals surface area contributed by atoms with E-state index in [1.165, 1.54) is 0 Å². The van der Waals surface area contributed by atoms with Crippen LogP contribution in [-0.4, -0.2) is 10.2 Å². The molecule has 106 valence electrons. The molecule has 2 aromatic rings. The second kappa shape index (κ2) is 6.47. The Kier molecular flexibility index (Phi) is 4.67. The highest BCUT2D eigenvalue weighted by molar-refractivity contribution is 5.35. The van der Waals surface area contributed by atoms with Crippen molar-refractivity contribution in [3.63, 3.8) is 0 Å². The van der Waals surface area contributed by atoms with E-state index < -0.39 is 0 Å². The van der Waals surface area contributed by atoms with Crippen molar-refractivity contribution in [1.82, 2.24) is 0 Å². The van der Waals surface area contributed by atoms with Crippen molar-refractivity contribution < 1.29 is 10.2 Å². The largest absolute Gasteiger partial charge is 0.508 e. The fraction of sp³-hybridized carbons (Fsp3) is 0.333. The van der Waals surface area contributed by atoms with Crippen LogP contribution in [0.1, 0.15) is 37.3 Å². The predicted molar refractivity (Wildman–Crippen MR) is 82.1 cm³/mol. The maximum Gasteiger partial charge on any atom is 0.119 e. The van der Waals surface area contributed by atoms with Crippen molar-refractivity contribution in [2.24, 2.45) is 5.92 Å². The van der Waals surface area contributed by atoms with Crippen LogP contribution in [0, 0.1) is 5.92 Å². The van der Waals surface area contributed by atoms with Gasteiger partial charge < -0.3 is 10.2 Å². The van der Waals surface area contributed by atoms with Gasteiger partial charge in [-0.05, 0) is 47.9 Å². The average Bonchev–Trinajstić information content (AvgIpc) is 2.41. The standard InChI is InChI=1S/C18H22O2/c1-13(12-15-7-3-5-9-17(15)19)11-14(2)16-8-4-6-10-18(16)20/h3-10,13-14,19-20H,11-12H2,1-2H3. The van der Waals surface area contributed by atoms with Crippen LogP contribution in [0.5, 0.6) is 11.5 Å². The SMILES string of the molecule is CC(Cc1ccccc1O)CC(C)c1ccccc1O. The lowest BCUT2D eigenvalue weighted by atomic mass is 9.87. The molecule has 2 heteroatoms. The highest BCUT2D eigenvalue weighted by Crippen LogP contribution is 2.31. The number of para-hydroxylation sites is 2. The molecular formula is C18H22O2. The average molecular weight is 270 g/mol. The summed E-state index contributed by atoms with van der Waals surface area (Å²) in [5.41, 5.74) is 1.99. The molecule has 0 radical (unpaired) electrons. The van der Waals surface area contributed by atoms with Crippen molar-refractivity contribution in [2.75, 3.05) is 0 Å². The van der Waals surface area contributed by atoms with E-state index in [0.717, 1.165) is 24.0 Å². The molecule has 2 unspecified atom stereocenters. The van der Waals surface area contributed by atoms with Gasteiger partial charge in [-0.25, -0.2) is 0 Å². The first kappa shape index (κ1) is 14.4. The van der Waals surface area contributed by atoms with Crippen LogP contribution in [0.15, 0.2) is 48.5 Å². The molecule has 0 heterocycles. The fourth-order valence-corrected chi connectivity index (χ4v) is 2.78. The Balaban J connectivity index is 2.00. The van der Waals surface area contributed by atoms with Crippen molar-refractivity contribution in [3.8, 4) is 11.5 Å². The first-order valence-electron chi connectivity index (χ1n) is 7.12. The summed E-state index contributed by atoms with van der Waals surface area (Å²) in [7, 11) is 0. The van der Waals surface area contributed by atoms with E-state index in [9.17, 15) is 10.2 Å². The van der Waals surface area contributed by atoms with E-state index in [0.29, 0.717) is 23.3 Å². The summed E-state index contributed by atoms with van der Waals surface area (Å²) >= 11 is 0. The third-order valence-electron chi connectivity index (χ3n) is 3.78. The molecule has 0 saturated carbocycles. The molecule has 0 amide bonds. The summed E-state index contributed by atoms with van der Waals surface area (Å²) in [5, 5.41) is 19.7. The zero-order valence-corrected chi connectivity index (χ0v) is 12.1. The van der Waals surface area contributed by atoms with Crippen LogP contribution in [0.4, 0.5) is 0 Å². The summed E-state index contributed by atoms with van der Waals surface area (Å²) < 4.78 is 0. The topological polar surface area (TPSA) is 40.5 Å². The van der Waals surface area contributed by atoms with Gasteiger partial charge in [-0.2, -0.15) is 0 Å². The first-order chi connectivity index (χ1) is 9.58. The Hall–Kier alpha value is -1.96. The minimum absolute atomic E-state index is 0.303. The Labute approximate surface area is 120 Å². The summed E-state index contributed by atoms with van der Waals surface area (Å²) in [5.74, 6) is 1.49. The van der Waals surface area contributed by atoms with Crippen molar-refractivity contribution in [3.05, 3.63) is 59.7 Å². The van der Waals surface area contributed by atoms with E-state index in [-0.39, 0.29) is 0 Å². The second-order valence-electron chi connectivity index (χ2n) is 5.63. The van der Waals surface area contributed by atoms with E-state index in [1.54, 1.807) is 12.1 Å². The molecule has 2 rings (SSSR count). The zero-order valence-electron chi connectivity index (χ0n) is 12.1. The Morgan fingerprint density at radius 1 is 0.850 bits per heavy atom. The van der Waals surface area contributed by atoms with Crippen LogP contribution >= 0.6 is 0 Å². The molecule has 0 aromatic heterocycles. The number of hydrogen-bond acceptors (Lipinski definition) is 2. The van der Waals surface area contributed by atoms with Crippen LogP contribution < -0.4 is 0 Å². The van der Waals surface area contributed by atoms with Crippen LogP contribution in [0.3, 0.4) is 0 Å². The van der Waals surface area contributed by atoms with Gasteiger partial charge in [0.1, 0.15) is 11.5 Å². The van der Waals surface area contributed by atoms with Gasteiger partial charge in [0.15, 0.2) is 0 Å². The van der Waals surface area contributed by atoms with Gasteiger partial charge in [0.05, 0.1) is 0 Å². The van der Waals surface area contributed by atoms with Gasteiger partial charge in [-0.15, -0.1) is 0 Å². The highest BCUT2D eigenvalue weighted by atomic mass is 16.3. The molecule has 20 heavy (non-hydrogen) atoms. The molecule has 2 aromatic carbocycles. The summed E-state index contributed by atoms with van der Waals surface area (Å²) in [6.07, 6.45) is 1.83. The number of rotatable bonds is 5. The van der Waals surface area contributed by atoms with Crippen molar-refractivity contribution in [2.45, 2.75) is 32.6 Å². The number of phenols is 2. The lowest BCUT2D eigenvalue weighted by Gasteiger charge is -2.19. The predicted octanol–water partition coefficient (Wildman–Crippen LogP) is 4.47. The normalized spacial score (nSPS) is 13.9. The molecule has 0 aliphatic carbocycles. The maximum atomic E-state index is 9.89. The molecule has 2 N–H and O–H groups in total. The van der Waals surface area contributed by atoms with E-state index in [1.807, 2.05) is 36.4 Å². The van der Waals surface area contributed by atoms with Crippen LogP contribution in [-0.2, 0) is 6.42 Å². The smallest absolute Gasteiger partial charge is 0.119 e. The van der Waals surface area contributed by atoms with Gasteiger partial charge in [0, 0.05) is 0 Å². The molecule has 0 saturated heterocycles. The minimum Gasteiger partial charge on any atom is -0.508 e. The minimum atomic E-state index is 0.303. The Morgan fingerprint density at radius 3 is 2.10 bits per heavy atom. The van der Waals surface area contributed by atoms with Gasteiger partial charge in [-0.1, -0.05) is 50.2 Å². The number of phenolic OH excluding ortho intramolecular Hbond substituents is 2. The summed E-state index contributed by atoms with van der Waals surface area (Å²) in [6.45, 7) is 4.32. The quantitative estimate of drug-likeness (QED) is 0.841. The molecule has 0 bridgehead atoms. The third kappa shape index (κ3) is 3.53. The van der Waals surface area contributed by atoms with E-state index in [2.05, 4.69) is 13.8 Å². The zero-order chi connectivity index (χ0) is 14.5. The van der Waals surface area contributed by atoms with Crippen LogP contribution in [0.2, 0.25) is 0 Å². The highest BCUT2D eigenvalue weighted by Gasteiger charge is 2.15. The maximum absolute atomic E-state index is 9.89. The Bertz CT molecular complexity index is 563. The molecular weight excluding hydrogens is 248 g/mol. The Morgan fingerprint density at radius 2 is 1.45 bits per heavy atom.